The fourth-order valence-electron chi connectivity index (χ4n) is 4.68. The molecule has 0 atom stereocenters. The largest absolute Gasteiger partial charge is 0.507 e. The number of fused-ring (bicyclic) bond motifs is 3. The van der Waals surface area contributed by atoms with Crippen LogP contribution in [0.5, 0.6) is 11.5 Å². The molecule has 182 valence electrons. The number of rotatable bonds is 3. The zero-order valence-corrected chi connectivity index (χ0v) is 18.7. The molecule has 0 bridgehead atoms. The lowest BCUT2D eigenvalue weighted by atomic mass is 9.83. The Bertz CT molecular complexity index is 1890. The fraction of sp³-hybridized carbons (Fsp3) is 0.0357. The summed E-state index contributed by atoms with van der Waals surface area (Å²) >= 11 is 0. The number of aromatic hydroxyl groups is 2. The third-order valence-electron chi connectivity index (χ3n) is 6.32. The summed E-state index contributed by atoms with van der Waals surface area (Å²) in [5, 5.41) is 22.7. The minimum atomic E-state index is -1.46. The molecule has 0 spiro atoms. The lowest BCUT2D eigenvalue weighted by molar-refractivity contribution is 0.441. The smallest absolute Gasteiger partial charge is 0.344 e. The Morgan fingerprint density at radius 1 is 0.703 bits per heavy atom. The summed E-state index contributed by atoms with van der Waals surface area (Å²) in [6.45, 7) is 0. The number of hydrogen-bond acceptors (Lipinski definition) is 7. The maximum atomic E-state index is 14.1. The van der Waals surface area contributed by atoms with Crippen LogP contribution >= 0.6 is 0 Å². The Hall–Kier alpha value is -5.05. The minimum absolute atomic E-state index is 0.0807. The Labute approximate surface area is 205 Å². The van der Waals surface area contributed by atoms with Gasteiger partial charge in [0.25, 0.3) is 0 Å². The zero-order valence-electron chi connectivity index (χ0n) is 18.7. The molecule has 7 nitrogen and oxygen atoms in total. The van der Waals surface area contributed by atoms with E-state index in [4.69, 9.17) is 8.83 Å². The summed E-state index contributed by atoms with van der Waals surface area (Å²) in [7, 11) is 0. The average molecular weight is 499 g/mol. The standard InChI is InChI=1S/C28H15F2NO6/c29-13-5-7-20-17(11-13)25(32)23(27(34)36-20)22(16-9-10-31-19-4-2-1-3-15(16)19)24-26(33)18-12-14(30)6-8-21(18)37-28(24)35/h1-12,22,32-33H. The molecule has 6 rings (SSSR count). The van der Waals surface area contributed by atoms with Crippen LogP contribution in [-0.4, -0.2) is 15.2 Å². The molecule has 9 heteroatoms. The first-order valence-corrected chi connectivity index (χ1v) is 11.1. The van der Waals surface area contributed by atoms with Crippen molar-refractivity contribution in [2.24, 2.45) is 0 Å². The van der Waals surface area contributed by atoms with Gasteiger partial charge in [0.1, 0.15) is 34.3 Å². The van der Waals surface area contributed by atoms with Gasteiger partial charge in [-0.05, 0) is 54.1 Å². The van der Waals surface area contributed by atoms with Crippen LogP contribution in [0.2, 0.25) is 0 Å². The summed E-state index contributed by atoms with van der Waals surface area (Å²) in [5.74, 6) is -4.14. The van der Waals surface area contributed by atoms with Gasteiger partial charge in [-0.2, -0.15) is 0 Å². The lowest BCUT2D eigenvalue weighted by Gasteiger charge is -2.21. The molecular formula is C28H15F2NO6. The molecule has 3 aromatic heterocycles. The van der Waals surface area contributed by atoms with Gasteiger partial charge < -0.3 is 19.0 Å². The maximum Gasteiger partial charge on any atom is 0.344 e. The number of nitrogens with zero attached hydrogens (tertiary/aromatic N) is 1. The molecule has 6 aromatic rings. The topological polar surface area (TPSA) is 114 Å². The van der Waals surface area contributed by atoms with E-state index in [1.165, 1.54) is 24.4 Å². The second-order valence-corrected chi connectivity index (χ2v) is 8.43. The van der Waals surface area contributed by atoms with E-state index < -0.39 is 51.4 Å². The number of para-hydroxylation sites is 1. The summed E-state index contributed by atoms with van der Waals surface area (Å²) in [5.41, 5.74) is -2.30. The van der Waals surface area contributed by atoms with Crippen LogP contribution in [0, 0.1) is 11.6 Å². The second kappa shape index (κ2) is 8.27. The van der Waals surface area contributed by atoms with Crippen molar-refractivity contribution in [3.63, 3.8) is 0 Å². The van der Waals surface area contributed by atoms with E-state index >= 15 is 0 Å². The van der Waals surface area contributed by atoms with Crippen LogP contribution in [0.1, 0.15) is 22.6 Å². The number of benzene rings is 3. The number of hydrogen-bond donors (Lipinski definition) is 2. The quantitative estimate of drug-likeness (QED) is 0.317. The van der Waals surface area contributed by atoms with Crippen LogP contribution in [0.15, 0.2) is 91.4 Å². The molecule has 0 aliphatic rings. The van der Waals surface area contributed by atoms with E-state index in [1.54, 1.807) is 24.3 Å². The highest BCUT2D eigenvalue weighted by Crippen LogP contribution is 2.43. The molecule has 3 heterocycles. The first-order valence-electron chi connectivity index (χ1n) is 11.1. The van der Waals surface area contributed by atoms with Crippen LogP contribution in [0.25, 0.3) is 32.8 Å². The molecule has 0 aliphatic heterocycles. The van der Waals surface area contributed by atoms with Gasteiger partial charge in [0.15, 0.2) is 0 Å². The molecule has 0 radical (unpaired) electrons. The minimum Gasteiger partial charge on any atom is -0.507 e. The summed E-state index contributed by atoms with van der Waals surface area (Å²) in [4.78, 5) is 30.9. The van der Waals surface area contributed by atoms with E-state index in [1.807, 2.05) is 0 Å². The average Bonchev–Trinajstić information content (AvgIpc) is 2.88. The number of halogens is 2. The van der Waals surface area contributed by atoms with Crippen LogP contribution in [0.4, 0.5) is 8.78 Å². The van der Waals surface area contributed by atoms with E-state index in [0.29, 0.717) is 16.5 Å². The fourth-order valence-corrected chi connectivity index (χ4v) is 4.68. The van der Waals surface area contributed by atoms with Crippen molar-refractivity contribution in [1.82, 2.24) is 4.98 Å². The second-order valence-electron chi connectivity index (χ2n) is 8.43. The van der Waals surface area contributed by atoms with Crippen LogP contribution in [0.3, 0.4) is 0 Å². The Morgan fingerprint density at radius 2 is 1.24 bits per heavy atom. The molecule has 0 amide bonds. The van der Waals surface area contributed by atoms with E-state index in [0.717, 1.165) is 24.3 Å². The van der Waals surface area contributed by atoms with Gasteiger partial charge >= 0.3 is 11.3 Å². The summed E-state index contributed by atoms with van der Waals surface area (Å²) < 4.78 is 38.9. The Balaban J connectivity index is 1.79. The van der Waals surface area contributed by atoms with Gasteiger partial charge in [0, 0.05) is 11.6 Å². The van der Waals surface area contributed by atoms with Crippen molar-refractivity contribution < 1.29 is 27.8 Å². The van der Waals surface area contributed by atoms with Crippen molar-refractivity contribution in [3.05, 3.63) is 122 Å². The van der Waals surface area contributed by atoms with Gasteiger partial charge in [-0.15, -0.1) is 0 Å². The Kier molecular flexibility index (Phi) is 5.01. The van der Waals surface area contributed by atoms with Crippen molar-refractivity contribution in [3.8, 4) is 11.5 Å². The molecule has 0 saturated carbocycles. The van der Waals surface area contributed by atoms with Gasteiger partial charge in [0.05, 0.1) is 33.3 Å². The third-order valence-corrected chi connectivity index (χ3v) is 6.32. The van der Waals surface area contributed by atoms with Crippen molar-refractivity contribution >= 4 is 32.8 Å². The van der Waals surface area contributed by atoms with Gasteiger partial charge in [-0.3, -0.25) is 4.98 Å². The highest BCUT2D eigenvalue weighted by atomic mass is 19.1. The van der Waals surface area contributed by atoms with E-state index in [2.05, 4.69) is 4.98 Å². The molecule has 0 aliphatic carbocycles. The summed E-state index contributed by atoms with van der Waals surface area (Å²) in [6, 6.07) is 14.8. The van der Waals surface area contributed by atoms with Crippen LogP contribution in [-0.2, 0) is 0 Å². The highest BCUT2D eigenvalue weighted by Gasteiger charge is 2.33. The van der Waals surface area contributed by atoms with E-state index in [-0.39, 0.29) is 21.9 Å². The molecule has 2 N–H and O–H groups in total. The van der Waals surface area contributed by atoms with Gasteiger partial charge in [-0.25, -0.2) is 18.4 Å². The molecular weight excluding hydrogens is 484 g/mol. The van der Waals surface area contributed by atoms with Crippen LogP contribution < -0.4 is 11.3 Å². The SMILES string of the molecule is O=c1oc2ccc(F)cc2c(O)c1C(c1c(O)c2cc(F)ccc2oc1=O)c1ccnc2ccccc12. The molecule has 0 saturated heterocycles. The van der Waals surface area contributed by atoms with Gasteiger partial charge in [-0.1, -0.05) is 18.2 Å². The maximum absolute atomic E-state index is 14.1. The van der Waals surface area contributed by atoms with Gasteiger partial charge in [0.2, 0.25) is 0 Å². The van der Waals surface area contributed by atoms with Crippen molar-refractivity contribution in [1.29, 1.82) is 0 Å². The monoisotopic (exact) mass is 499 g/mol. The molecule has 3 aromatic carbocycles. The number of aromatic nitrogens is 1. The van der Waals surface area contributed by atoms with E-state index in [9.17, 15) is 28.6 Å². The lowest BCUT2D eigenvalue weighted by Crippen LogP contribution is -2.21. The normalized spacial score (nSPS) is 11.6. The third kappa shape index (κ3) is 3.51. The number of pyridine rings is 1. The van der Waals surface area contributed by atoms with Crippen molar-refractivity contribution in [2.45, 2.75) is 5.92 Å². The molecule has 0 fully saturated rings. The Morgan fingerprint density at radius 3 is 1.81 bits per heavy atom. The predicted molar refractivity (Wildman–Crippen MR) is 131 cm³/mol. The predicted octanol–water partition coefficient (Wildman–Crippen LogP) is 5.32. The van der Waals surface area contributed by atoms with Crippen molar-refractivity contribution in [2.75, 3.05) is 0 Å². The first kappa shape index (κ1) is 22.4. The molecule has 37 heavy (non-hydrogen) atoms. The highest BCUT2D eigenvalue weighted by molar-refractivity contribution is 5.89. The molecule has 0 unspecified atom stereocenters. The zero-order chi connectivity index (χ0) is 25.8. The first-order chi connectivity index (χ1) is 17.8. The summed E-state index contributed by atoms with van der Waals surface area (Å²) in [6.07, 6.45) is 1.43.